The Bertz CT molecular complexity index is 505. The van der Waals surface area contributed by atoms with Gasteiger partial charge in [-0.25, -0.2) is 0 Å². The van der Waals surface area contributed by atoms with Crippen molar-refractivity contribution in [1.82, 2.24) is 9.78 Å². The van der Waals surface area contributed by atoms with Gasteiger partial charge in [-0.15, -0.1) is 0 Å². The van der Waals surface area contributed by atoms with Gasteiger partial charge < -0.3 is 10.4 Å². The number of benzene rings is 1. The maximum Gasteiger partial charge on any atom is 0.115 e. The van der Waals surface area contributed by atoms with E-state index in [4.69, 9.17) is 0 Å². The lowest BCUT2D eigenvalue weighted by molar-refractivity contribution is 0.474. The van der Waals surface area contributed by atoms with Gasteiger partial charge in [0.1, 0.15) is 5.75 Å². The van der Waals surface area contributed by atoms with E-state index >= 15 is 0 Å². The first-order chi connectivity index (χ1) is 8.19. The molecule has 0 aliphatic heterocycles. The van der Waals surface area contributed by atoms with Crippen LogP contribution in [0.5, 0.6) is 5.75 Å². The Morgan fingerprint density at radius 3 is 2.94 bits per heavy atom. The highest BCUT2D eigenvalue weighted by Gasteiger charge is 2.05. The van der Waals surface area contributed by atoms with Crippen molar-refractivity contribution in [3.8, 4) is 5.75 Å². The number of aromatic nitrogens is 2. The molecule has 2 N–H and O–H groups in total. The predicted molar refractivity (Wildman–Crippen MR) is 68.0 cm³/mol. The van der Waals surface area contributed by atoms with Crippen molar-refractivity contribution < 1.29 is 5.11 Å². The summed E-state index contributed by atoms with van der Waals surface area (Å²) >= 11 is 0. The van der Waals surface area contributed by atoms with E-state index in [1.165, 1.54) is 0 Å². The van der Waals surface area contributed by atoms with Crippen molar-refractivity contribution >= 4 is 5.69 Å². The number of nitrogens with one attached hydrogen (secondary N) is 1. The zero-order valence-electron chi connectivity index (χ0n) is 10.1. The molecule has 4 nitrogen and oxygen atoms in total. The molecule has 0 unspecified atom stereocenters. The zero-order valence-corrected chi connectivity index (χ0v) is 10.1. The molecule has 0 saturated carbocycles. The molecule has 1 heterocycles. The zero-order chi connectivity index (χ0) is 12.3. The number of anilines is 1. The number of rotatable bonds is 4. The molecular weight excluding hydrogens is 214 g/mol. The van der Waals surface area contributed by atoms with Crippen molar-refractivity contribution in [2.75, 3.05) is 5.32 Å². The molecular formula is C13H17N3O. The van der Waals surface area contributed by atoms with Crippen molar-refractivity contribution in [2.45, 2.75) is 19.9 Å². The van der Waals surface area contributed by atoms with Crippen molar-refractivity contribution in [3.05, 3.63) is 41.7 Å². The molecule has 90 valence electrons. The van der Waals surface area contributed by atoms with Gasteiger partial charge in [-0.3, -0.25) is 4.68 Å². The SMILES string of the molecule is CCc1nn(C)cc1NCc1cccc(O)c1. The number of phenolic OH excluding ortho intramolecular Hbond substituents is 1. The first-order valence-electron chi connectivity index (χ1n) is 5.73. The maximum atomic E-state index is 9.37. The van der Waals surface area contributed by atoms with Gasteiger partial charge in [-0.2, -0.15) is 5.10 Å². The van der Waals surface area contributed by atoms with Crippen molar-refractivity contribution in [1.29, 1.82) is 0 Å². The topological polar surface area (TPSA) is 50.1 Å². The molecule has 17 heavy (non-hydrogen) atoms. The van der Waals surface area contributed by atoms with Crippen LogP contribution in [0, 0.1) is 0 Å². The van der Waals surface area contributed by atoms with Crippen LogP contribution in [0.2, 0.25) is 0 Å². The highest BCUT2D eigenvalue weighted by atomic mass is 16.3. The Morgan fingerprint density at radius 2 is 2.24 bits per heavy atom. The molecule has 0 saturated heterocycles. The van der Waals surface area contributed by atoms with E-state index in [1.807, 2.05) is 30.1 Å². The molecule has 2 aromatic rings. The number of nitrogens with zero attached hydrogens (tertiary/aromatic N) is 2. The van der Waals surface area contributed by atoms with Crippen LogP contribution < -0.4 is 5.32 Å². The highest BCUT2D eigenvalue weighted by Crippen LogP contribution is 2.16. The first-order valence-corrected chi connectivity index (χ1v) is 5.73. The predicted octanol–water partition coefficient (Wildman–Crippen LogP) is 2.30. The lowest BCUT2D eigenvalue weighted by atomic mass is 10.2. The third-order valence-corrected chi connectivity index (χ3v) is 2.63. The summed E-state index contributed by atoms with van der Waals surface area (Å²) in [5, 5.41) is 17.1. The minimum atomic E-state index is 0.297. The molecule has 1 aromatic carbocycles. The van der Waals surface area contributed by atoms with Crippen LogP contribution in [0.25, 0.3) is 0 Å². The van der Waals surface area contributed by atoms with Gasteiger partial charge in [0.05, 0.1) is 11.4 Å². The van der Waals surface area contributed by atoms with Crippen LogP contribution in [0.3, 0.4) is 0 Å². The summed E-state index contributed by atoms with van der Waals surface area (Å²) in [6.45, 7) is 2.77. The average Bonchev–Trinajstić information content (AvgIpc) is 2.67. The molecule has 0 bridgehead atoms. The number of hydrogen-bond donors (Lipinski definition) is 2. The Kier molecular flexibility index (Phi) is 3.32. The van der Waals surface area contributed by atoms with Gasteiger partial charge in [0, 0.05) is 19.8 Å². The summed E-state index contributed by atoms with van der Waals surface area (Å²) in [4.78, 5) is 0. The highest BCUT2D eigenvalue weighted by molar-refractivity contribution is 5.47. The number of aromatic hydroxyl groups is 1. The molecule has 0 aliphatic carbocycles. The van der Waals surface area contributed by atoms with Crippen molar-refractivity contribution in [2.24, 2.45) is 7.05 Å². The normalized spacial score (nSPS) is 10.5. The van der Waals surface area contributed by atoms with Crippen LogP contribution in [-0.2, 0) is 20.0 Å². The molecule has 0 fully saturated rings. The number of phenols is 1. The maximum absolute atomic E-state index is 9.37. The van der Waals surface area contributed by atoms with Gasteiger partial charge >= 0.3 is 0 Å². The monoisotopic (exact) mass is 231 g/mol. The van der Waals surface area contributed by atoms with Crippen LogP contribution in [0.4, 0.5) is 5.69 Å². The van der Waals surface area contributed by atoms with Crippen LogP contribution in [0.15, 0.2) is 30.5 Å². The van der Waals surface area contributed by atoms with E-state index in [0.717, 1.165) is 23.4 Å². The van der Waals surface area contributed by atoms with Crippen LogP contribution in [-0.4, -0.2) is 14.9 Å². The molecule has 0 radical (unpaired) electrons. The molecule has 0 aliphatic rings. The van der Waals surface area contributed by atoms with Crippen molar-refractivity contribution in [3.63, 3.8) is 0 Å². The Morgan fingerprint density at radius 1 is 1.41 bits per heavy atom. The molecule has 4 heteroatoms. The van der Waals surface area contributed by atoms with E-state index in [9.17, 15) is 5.11 Å². The second-order valence-electron chi connectivity index (χ2n) is 4.04. The van der Waals surface area contributed by atoms with Crippen LogP contribution in [0.1, 0.15) is 18.2 Å². The average molecular weight is 231 g/mol. The molecule has 0 atom stereocenters. The Hall–Kier alpha value is -1.97. The second kappa shape index (κ2) is 4.91. The Balaban J connectivity index is 2.06. The number of hydrogen-bond acceptors (Lipinski definition) is 3. The third-order valence-electron chi connectivity index (χ3n) is 2.63. The smallest absolute Gasteiger partial charge is 0.115 e. The lowest BCUT2D eigenvalue weighted by Crippen LogP contribution is -2.00. The van der Waals surface area contributed by atoms with E-state index < -0.39 is 0 Å². The van der Waals surface area contributed by atoms with Gasteiger partial charge in [-0.1, -0.05) is 19.1 Å². The standard InChI is InChI=1S/C13H17N3O/c1-3-12-13(9-16(2)15-12)14-8-10-5-4-6-11(17)7-10/h4-7,9,14,17H,3,8H2,1-2H3. The summed E-state index contributed by atoms with van der Waals surface area (Å²) in [5.41, 5.74) is 3.17. The summed E-state index contributed by atoms with van der Waals surface area (Å²) < 4.78 is 1.81. The molecule has 2 rings (SSSR count). The largest absolute Gasteiger partial charge is 0.508 e. The van der Waals surface area contributed by atoms with E-state index in [2.05, 4.69) is 17.3 Å². The van der Waals surface area contributed by atoms with Gasteiger partial charge in [-0.05, 0) is 24.1 Å². The summed E-state index contributed by atoms with van der Waals surface area (Å²) in [6.07, 6.45) is 2.88. The summed E-state index contributed by atoms with van der Waals surface area (Å²) in [6, 6.07) is 7.26. The van der Waals surface area contributed by atoms with E-state index in [-0.39, 0.29) is 0 Å². The molecule has 1 aromatic heterocycles. The fourth-order valence-corrected chi connectivity index (χ4v) is 1.81. The molecule has 0 amide bonds. The summed E-state index contributed by atoms with van der Waals surface area (Å²) in [5.74, 6) is 0.297. The fraction of sp³-hybridized carbons (Fsp3) is 0.308. The quantitative estimate of drug-likeness (QED) is 0.849. The third kappa shape index (κ3) is 2.78. The minimum absolute atomic E-state index is 0.297. The molecule has 0 spiro atoms. The van der Waals surface area contributed by atoms with Gasteiger partial charge in [0.25, 0.3) is 0 Å². The lowest BCUT2D eigenvalue weighted by Gasteiger charge is -2.05. The van der Waals surface area contributed by atoms with Gasteiger partial charge in [0.15, 0.2) is 0 Å². The van der Waals surface area contributed by atoms with Crippen LogP contribution >= 0.6 is 0 Å². The minimum Gasteiger partial charge on any atom is -0.508 e. The van der Waals surface area contributed by atoms with E-state index in [0.29, 0.717) is 12.3 Å². The van der Waals surface area contributed by atoms with E-state index in [1.54, 1.807) is 12.1 Å². The number of aryl methyl sites for hydroxylation is 2. The fourth-order valence-electron chi connectivity index (χ4n) is 1.81. The first kappa shape index (κ1) is 11.5. The van der Waals surface area contributed by atoms with Gasteiger partial charge in [0.2, 0.25) is 0 Å². The summed E-state index contributed by atoms with van der Waals surface area (Å²) in [7, 11) is 1.92. The Labute approximate surface area is 101 Å². The second-order valence-corrected chi connectivity index (χ2v) is 4.04.